The van der Waals surface area contributed by atoms with E-state index in [0.29, 0.717) is 6.42 Å². The minimum Gasteiger partial charge on any atom is -0.294 e. The number of hydrogen-bond acceptors (Lipinski definition) is 1. The number of unbranched alkanes of at least 4 members (excludes halogenated alkanes) is 2. The van der Waals surface area contributed by atoms with E-state index in [4.69, 9.17) is 0 Å². The van der Waals surface area contributed by atoms with Gasteiger partial charge in [-0.05, 0) is 25.0 Å². The molecule has 2 heteroatoms. The lowest BCUT2D eigenvalue weighted by Gasteiger charge is -2.06. The molecule has 0 bridgehead atoms. The smallest absolute Gasteiger partial charge is 0.163 e. The molecule has 0 spiro atoms. The Bertz CT molecular complexity index is 344. The van der Waals surface area contributed by atoms with Gasteiger partial charge in [0.1, 0.15) is 0 Å². The summed E-state index contributed by atoms with van der Waals surface area (Å²) < 4.78 is 1.02. The number of halogens is 1. The van der Waals surface area contributed by atoms with Crippen molar-refractivity contribution in [2.24, 2.45) is 0 Å². The van der Waals surface area contributed by atoms with E-state index in [1.807, 2.05) is 25.1 Å². The molecule has 0 aliphatic carbocycles. The summed E-state index contributed by atoms with van der Waals surface area (Å²) in [5.41, 5.74) is 1.92. The molecule has 1 nitrogen and oxygen atoms in total. The van der Waals surface area contributed by atoms with E-state index in [0.717, 1.165) is 34.9 Å². The van der Waals surface area contributed by atoms with Crippen molar-refractivity contribution >= 4 is 21.7 Å². The summed E-state index contributed by atoms with van der Waals surface area (Å²) in [6.07, 6.45) is 3.97. The maximum Gasteiger partial charge on any atom is 0.163 e. The van der Waals surface area contributed by atoms with E-state index in [1.54, 1.807) is 0 Å². The zero-order valence-electron chi connectivity index (χ0n) is 9.35. The number of benzene rings is 1. The Hall–Kier alpha value is -0.630. The minimum absolute atomic E-state index is 0.266. The van der Waals surface area contributed by atoms with E-state index in [-0.39, 0.29) is 5.78 Å². The number of hydrogen-bond donors (Lipinski definition) is 0. The number of carbonyl (C=O) groups is 1. The van der Waals surface area contributed by atoms with E-state index in [9.17, 15) is 4.79 Å². The molecule has 1 rings (SSSR count). The summed E-state index contributed by atoms with van der Waals surface area (Å²) in [6.45, 7) is 4.13. The largest absolute Gasteiger partial charge is 0.294 e. The highest BCUT2D eigenvalue weighted by Gasteiger charge is 2.09. The van der Waals surface area contributed by atoms with Crippen molar-refractivity contribution in [3.63, 3.8) is 0 Å². The number of ketones is 1. The Kier molecular flexibility index (Phi) is 5.03. The van der Waals surface area contributed by atoms with Crippen molar-refractivity contribution < 1.29 is 4.79 Å². The highest BCUT2D eigenvalue weighted by molar-refractivity contribution is 9.10. The van der Waals surface area contributed by atoms with Crippen molar-refractivity contribution in [1.82, 2.24) is 0 Å². The molecular formula is C13H17BrO. The average molecular weight is 269 g/mol. The second kappa shape index (κ2) is 6.06. The summed E-state index contributed by atoms with van der Waals surface area (Å²) in [7, 11) is 0. The molecule has 0 saturated heterocycles. The predicted molar refractivity (Wildman–Crippen MR) is 67.4 cm³/mol. The lowest BCUT2D eigenvalue weighted by atomic mass is 10.0. The van der Waals surface area contributed by atoms with Crippen molar-refractivity contribution in [2.45, 2.75) is 39.5 Å². The first-order chi connectivity index (χ1) is 7.16. The van der Waals surface area contributed by atoms with Crippen molar-refractivity contribution in [3.8, 4) is 0 Å². The normalized spacial score (nSPS) is 10.3. The van der Waals surface area contributed by atoms with Gasteiger partial charge in [0.2, 0.25) is 0 Å². The fraction of sp³-hybridized carbons (Fsp3) is 0.462. The molecule has 0 amide bonds. The number of Topliss-reactive ketones (excluding diaryl/α,β-unsaturated/α-hetero) is 1. The molecule has 15 heavy (non-hydrogen) atoms. The fourth-order valence-electron chi connectivity index (χ4n) is 1.58. The molecule has 0 heterocycles. The van der Waals surface area contributed by atoms with Crippen LogP contribution in [-0.2, 0) is 0 Å². The Morgan fingerprint density at radius 1 is 1.33 bits per heavy atom. The van der Waals surface area contributed by atoms with Gasteiger partial charge in [0, 0.05) is 16.5 Å². The molecule has 0 aliphatic rings. The molecule has 0 N–H and O–H groups in total. The zero-order valence-corrected chi connectivity index (χ0v) is 10.9. The van der Waals surface area contributed by atoms with Gasteiger partial charge in [-0.25, -0.2) is 0 Å². The Balaban J connectivity index is 2.69. The molecule has 0 saturated carbocycles. The molecule has 0 aromatic heterocycles. The Morgan fingerprint density at radius 2 is 2.07 bits per heavy atom. The number of rotatable bonds is 5. The van der Waals surface area contributed by atoms with E-state index < -0.39 is 0 Å². The third kappa shape index (κ3) is 3.45. The van der Waals surface area contributed by atoms with Crippen LogP contribution in [0.4, 0.5) is 0 Å². The van der Waals surface area contributed by atoms with Crippen LogP contribution in [0.5, 0.6) is 0 Å². The van der Waals surface area contributed by atoms with Crippen LogP contribution in [0.15, 0.2) is 22.7 Å². The Labute approximate surface area is 100 Å². The van der Waals surface area contributed by atoms with Gasteiger partial charge in [0.25, 0.3) is 0 Å². The molecule has 0 radical (unpaired) electrons. The lowest BCUT2D eigenvalue weighted by Crippen LogP contribution is -2.01. The first-order valence-electron chi connectivity index (χ1n) is 5.45. The third-order valence-corrected chi connectivity index (χ3v) is 3.43. The van der Waals surface area contributed by atoms with Crippen LogP contribution in [0.25, 0.3) is 0 Å². The quantitative estimate of drug-likeness (QED) is 0.567. The highest BCUT2D eigenvalue weighted by atomic mass is 79.9. The summed E-state index contributed by atoms with van der Waals surface area (Å²) in [4.78, 5) is 11.9. The SMILES string of the molecule is CCCCCC(=O)c1cccc(Br)c1C. The molecule has 0 unspecified atom stereocenters. The number of carbonyl (C=O) groups excluding carboxylic acids is 1. The third-order valence-electron chi connectivity index (χ3n) is 2.58. The molecule has 0 atom stereocenters. The standard InChI is InChI=1S/C13H17BrO/c1-3-4-5-9-13(15)11-7-6-8-12(14)10(11)2/h6-8H,3-5,9H2,1-2H3. The summed E-state index contributed by atoms with van der Waals surface area (Å²) >= 11 is 3.44. The Morgan fingerprint density at radius 3 is 2.73 bits per heavy atom. The van der Waals surface area contributed by atoms with Crippen molar-refractivity contribution in [3.05, 3.63) is 33.8 Å². The first kappa shape index (κ1) is 12.4. The van der Waals surface area contributed by atoms with Gasteiger partial charge in [-0.3, -0.25) is 4.79 Å². The summed E-state index contributed by atoms with van der Waals surface area (Å²) in [5, 5.41) is 0. The highest BCUT2D eigenvalue weighted by Crippen LogP contribution is 2.21. The molecule has 82 valence electrons. The average Bonchev–Trinajstić information content (AvgIpc) is 2.22. The molecular weight excluding hydrogens is 252 g/mol. The van der Waals surface area contributed by atoms with Crippen LogP contribution in [-0.4, -0.2) is 5.78 Å². The van der Waals surface area contributed by atoms with Gasteiger partial charge in [0.15, 0.2) is 5.78 Å². The summed E-state index contributed by atoms with van der Waals surface area (Å²) in [5.74, 6) is 0.266. The van der Waals surface area contributed by atoms with E-state index >= 15 is 0 Å². The lowest BCUT2D eigenvalue weighted by molar-refractivity contribution is 0.0978. The van der Waals surface area contributed by atoms with Crippen LogP contribution in [0.3, 0.4) is 0 Å². The molecule has 1 aromatic rings. The molecule has 1 aromatic carbocycles. The molecule has 0 aliphatic heterocycles. The predicted octanol–water partition coefficient (Wildman–Crippen LogP) is 4.52. The monoisotopic (exact) mass is 268 g/mol. The van der Waals surface area contributed by atoms with Gasteiger partial charge in [-0.2, -0.15) is 0 Å². The van der Waals surface area contributed by atoms with Gasteiger partial charge >= 0.3 is 0 Å². The van der Waals surface area contributed by atoms with Crippen molar-refractivity contribution in [1.29, 1.82) is 0 Å². The fourth-order valence-corrected chi connectivity index (χ4v) is 1.95. The second-order valence-corrected chi connectivity index (χ2v) is 4.65. The van der Waals surface area contributed by atoms with Gasteiger partial charge < -0.3 is 0 Å². The van der Waals surface area contributed by atoms with Crippen LogP contribution in [0.1, 0.15) is 48.5 Å². The first-order valence-corrected chi connectivity index (χ1v) is 6.24. The maximum atomic E-state index is 11.9. The minimum atomic E-state index is 0.266. The van der Waals surface area contributed by atoms with E-state index in [2.05, 4.69) is 22.9 Å². The van der Waals surface area contributed by atoms with E-state index in [1.165, 1.54) is 0 Å². The van der Waals surface area contributed by atoms with Gasteiger partial charge in [0.05, 0.1) is 0 Å². The maximum absolute atomic E-state index is 11.9. The van der Waals surface area contributed by atoms with Crippen molar-refractivity contribution in [2.75, 3.05) is 0 Å². The topological polar surface area (TPSA) is 17.1 Å². The van der Waals surface area contributed by atoms with Gasteiger partial charge in [-0.1, -0.05) is 47.8 Å². The second-order valence-electron chi connectivity index (χ2n) is 3.79. The van der Waals surface area contributed by atoms with Crippen LogP contribution < -0.4 is 0 Å². The van der Waals surface area contributed by atoms with Crippen LogP contribution >= 0.6 is 15.9 Å². The zero-order chi connectivity index (χ0) is 11.3. The van der Waals surface area contributed by atoms with Crippen LogP contribution in [0.2, 0.25) is 0 Å². The summed E-state index contributed by atoms with van der Waals surface area (Å²) in [6, 6.07) is 5.80. The van der Waals surface area contributed by atoms with Crippen LogP contribution in [0, 0.1) is 6.92 Å². The molecule has 0 fully saturated rings. The van der Waals surface area contributed by atoms with Gasteiger partial charge in [-0.15, -0.1) is 0 Å².